The molecule has 0 aromatic carbocycles. The van der Waals surface area contributed by atoms with Gasteiger partial charge < -0.3 is 9.05 Å². The van der Waals surface area contributed by atoms with Gasteiger partial charge in [-0.25, -0.2) is 8.42 Å². The van der Waals surface area contributed by atoms with Crippen molar-refractivity contribution in [2.75, 3.05) is 0 Å². The molecule has 0 aliphatic heterocycles. The van der Waals surface area contributed by atoms with E-state index in [9.17, 15) is 8.42 Å². The van der Waals surface area contributed by atoms with Crippen LogP contribution in [0.1, 0.15) is 54.3 Å². The lowest BCUT2D eigenvalue weighted by Crippen LogP contribution is -2.14. The van der Waals surface area contributed by atoms with Gasteiger partial charge in [-0.15, -0.1) is 0 Å². The first kappa shape index (κ1) is 15.7. The van der Waals surface area contributed by atoms with E-state index in [1.807, 2.05) is 6.92 Å². The Morgan fingerprint density at radius 2 is 1.90 bits per heavy atom. The van der Waals surface area contributed by atoms with Gasteiger partial charge >= 0.3 is 0 Å². The summed E-state index contributed by atoms with van der Waals surface area (Å²) in [5, 5.41) is 6.70. The number of sulfone groups is 1. The van der Waals surface area contributed by atoms with Crippen LogP contribution in [0.2, 0.25) is 0 Å². The van der Waals surface area contributed by atoms with E-state index in [4.69, 9.17) is 9.05 Å². The molecule has 116 valence electrons. The van der Waals surface area contributed by atoms with Crippen LogP contribution in [0.3, 0.4) is 0 Å². The van der Waals surface area contributed by atoms with Gasteiger partial charge in [0.25, 0.3) is 0 Å². The number of aryl methyl sites for hydroxylation is 3. The van der Waals surface area contributed by atoms with Gasteiger partial charge in [0.15, 0.2) is 15.7 Å². The number of rotatable bonds is 6. The first-order valence-electron chi connectivity index (χ1n) is 6.81. The molecule has 0 saturated heterocycles. The fraction of sp³-hybridized carbons (Fsp3) is 0.615. The topological polar surface area (TPSA) is 99.1 Å². The minimum atomic E-state index is -3.48. The Labute approximate surface area is 123 Å². The second-order valence-electron chi connectivity index (χ2n) is 5.05. The van der Waals surface area contributed by atoms with Gasteiger partial charge in [0.1, 0.15) is 11.0 Å². The summed E-state index contributed by atoms with van der Waals surface area (Å²) >= 11 is 0. The molecule has 0 spiro atoms. The van der Waals surface area contributed by atoms with Gasteiger partial charge in [-0.1, -0.05) is 17.2 Å². The van der Waals surface area contributed by atoms with Crippen molar-refractivity contribution in [2.45, 2.75) is 51.5 Å². The molecule has 2 rings (SSSR count). The van der Waals surface area contributed by atoms with Crippen molar-refractivity contribution < 1.29 is 17.5 Å². The molecule has 2 aromatic rings. The summed E-state index contributed by atoms with van der Waals surface area (Å²) in [5.74, 6) is 1.03. The van der Waals surface area contributed by atoms with Crippen LogP contribution in [-0.2, 0) is 22.0 Å². The van der Waals surface area contributed by atoms with Crippen molar-refractivity contribution in [3.8, 4) is 0 Å². The zero-order valence-corrected chi connectivity index (χ0v) is 13.4. The molecule has 2 heterocycles. The third-order valence-corrected chi connectivity index (χ3v) is 5.34. The molecule has 21 heavy (non-hydrogen) atoms. The van der Waals surface area contributed by atoms with Crippen LogP contribution in [0.4, 0.5) is 0 Å². The maximum atomic E-state index is 12.5. The fourth-order valence-corrected chi connectivity index (χ4v) is 3.41. The maximum Gasteiger partial charge on any atom is 0.244 e. The maximum absolute atomic E-state index is 12.5. The van der Waals surface area contributed by atoms with Crippen LogP contribution in [-0.4, -0.2) is 23.7 Å². The zero-order valence-electron chi connectivity index (χ0n) is 12.6. The van der Waals surface area contributed by atoms with E-state index >= 15 is 0 Å². The summed E-state index contributed by atoms with van der Waals surface area (Å²) in [4.78, 5) is 4.14. The summed E-state index contributed by atoms with van der Waals surface area (Å²) < 4.78 is 35.0. The fourth-order valence-electron chi connectivity index (χ4n) is 1.95. The van der Waals surface area contributed by atoms with Gasteiger partial charge in [0, 0.05) is 12.0 Å². The SMILES string of the molecule is CCCc1noc([C@H](C)S(=O)(=O)Cc2c(C)noc2C)n1. The first-order valence-corrected chi connectivity index (χ1v) is 8.52. The molecule has 1 atom stereocenters. The average Bonchev–Trinajstić information content (AvgIpc) is 3.00. The predicted octanol–water partition coefficient (Wildman–Crippen LogP) is 2.30. The van der Waals surface area contributed by atoms with Gasteiger partial charge in [-0.05, 0) is 27.2 Å². The normalized spacial score (nSPS) is 13.5. The molecular formula is C13H19N3O4S. The molecule has 0 aliphatic rings. The highest BCUT2D eigenvalue weighted by molar-refractivity contribution is 7.90. The Balaban J connectivity index is 2.22. The van der Waals surface area contributed by atoms with Gasteiger partial charge in [-0.3, -0.25) is 0 Å². The third-order valence-electron chi connectivity index (χ3n) is 3.37. The second kappa shape index (κ2) is 5.97. The number of aromatic nitrogens is 3. The molecule has 0 saturated carbocycles. The van der Waals surface area contributed by atoms with Crippen molar-refractivity contribution in [1.82, 2.24) is 15.3 Å². The van der Waals surface area contributed by atoms with Crippen LogP contribution >= 0.6 is 0 Å². The largest absolute Gasteiger partial charge is 0.361 e. The van der Waals surface area contributed by atoms with Crippen LogP contribution in [0.25, 0.3) is 0 Å². The van der Waals surface area contributed by atoms with Crippen molar-refractivity contribution in [3.63, 3.8) is 0 Å². The molecule has 0 unspecified atom stereocenters. The van der Waals surface area contributed by atoms with E-state index in [1.54, 1.807) is 20.8 Å². The summed E-state index contributed by atoms with van der Waals surface area (Å²) in [6.07, 6.45) is 1.54. The van der Waals surface area contributed by atoms with Crippen molar-refractivity contribution in [1.29, 1.82) is 0 Å². The van der Waals surface area contributed by atoms with Gasteiger partial charge in [0.2, 0.25) is 5.89 Å². The van der Waals surface area contributed by atoms with Gasteiger partial charge in [-0.2, -0.15) is 4.98 Å². The Hall–Kier alpha value is -1.70. The molecule has 0 N–H and O–H groups in total. The minimum absolute atomic E-state index is 0.130. The standard InChI is InChI=1S/C13H19N3O4S/c1-5-6-12-14-13(20-16-12)10(4)21(17,18)7-11-8(2)15-19-9(11)3/h10H,5-7H2,1-4H3/t10-/m0/s1. The quantitative estimate of drug-likeness (QED) is 0.806. The van der Waals surface area contributed by atoms with Crippen molar-refractivity contribution in [2.24, 2.45) is 0 Å². The molecule has 7 nitrogen and oxygen atoms in total. The second-order valence-corrected chi connectivity index (χ2v) is 7.37. The van der Waals surface area contributed by atoms with Gasteiger partial charge in [0.05, 0.1) is 11.4 Å². The van der Waals surface area contributed by atoms with E-state index in [0.29, 0.717) is 29.3 Å². The highest BCUT2D eigenvalue weighted by Gasteiger charge is 2.30. The lowest BCUT2D eigenvalue weighted by molar-refractivity contribution is 0.371. The Morgan fingerprint density at radius 1 is 1.19 bits per heavy atom. The molecule has 2 aromatic heterocycles. The van der Waals surface area contributed by atoms with Crippen molar-refractivity contribution in [3.05, 3.63) is 28.7 Å². The Morgan fingerprint density at radius 3 is 2.48 bits per heavy atom. The molecule has 8 heteroatoms. The average molecular weight is 313 g/mol. The summed E-state index contributed by atoms with van der Waals surface area (Å²) in [7, 11) is -3.48. The van der Waals surface area contributed by atoms with E-state index in [1.165, 1.54) is 0 Å². The van der Waals surface area contributed by atoms with E-state index < -0.39 is 15.1 Å². The lowest BCUT2D eigenvalue weighted by atomic mass is 10.2. The van der Waals surface area contributed by atoms with E-state index in [2.05, 4.69) is 15.3 Å². The third kappa shape index (κ3) is 3.31. The number of nitrogens with zero attached hydrogens (tertiary/aromatic N) is 3. The summed E-state index contributed by atoms with van der Waals surface area (Å²) in [6, 6.07) is 0. The Kier molecular flexibility index (Phi) is 4.46. The first-order chi connectivity index (χ1) is 9.85. The number of hydrogen-bond acceptors (Lipinski definition) is 7. The monoisotopic (exact) mass is 313 g/mol. The summed E-state index contributed by atoms with van der Waals surface area (Å²) in [5.41, 5.74) is 1.18. The summed E-state index contributed by atoms with van der Waals surface area (Å²) in [6.45, 7) is 6.96. The minimum Gasteiger partial charge on any atom is -0.361 e. The van der Waals surface area contributed by atoms with Crippen LogP contribution < -0.4 is 0 Å². The van der Waals surface area contributed by atoms with Crippen LogP contribution in [0.5, 0.6) is 0 Å². The molecule has 0 aliphatic carbocycles. The van der Waals surface area contributed by atoms with E-state index in [-0.39, 0.29) is 11.6 Å². The smallest absolute Gasteiger partial charge is 0.244 e. The lowest BCUT2D eigenvalue weighted by Gasteiger charge is -2.08. The highest BCUT2D eigenvalue weighted by atomic mass is 32.2. The zero-order chi connectivity index (χ0) is 15.6. The molecular weight excluding hydrogens is 294 g/mol. The molecule has 0 amide bonds. The highest BCUT2D eigenvalue weighted by Crippen LogP contribution is 2.26. The predicted molar refractivity (Wildman–Crippen MR) is 75.3 cm³/mol. The van der Waals surface area contributed by atoms with E-state index in [0.717, 1.165) is 6.42 Å². The molecule has 0 bridgehead atoms. The van der Waals surface area contributed by atoms with Crippen LogP contribution in [0.15, 0.2) is 9.05 Å². The number of hydrogen-bond donors (Lipinski definition) is 0. The van der Waals surface area contributed by atoms with Crippen molar-refractivity contribution >= 4 is 9.84 Å². The van der Waals surface area contributed by atoms with Crippen LogP contribution in [0, 0.1) is 13.8 Å². The molecule has 0 radical (unpaired) electrons. The molecule has 0 fully saturated rings. The Bertz CT molecular complexity index is 698.